The lowest BCUT2D eigenvalue weighted by molar-refractivity contribution is 0.224. The van der Waals surface area contributed by atoms with E-state index < -0.39 is 0 Å². The zero-order valence-electron chi connectivity index (χ0n) is 14.9. The topological polar surface area (TPSA) is 39.7 Å². The Labute approximate surface area is 159 Å². The summed E-state index contributed by atoms with van der Waals surface area (Å²) in [6.45, 7) is 10.5. The van der Waals surface area contributed by atoms with E-state index in [0.717, 1.165) is 32.1 Å². The third kappa shape index (κ3) is 6.25. The van der Waals surface area contributed by atoms with Crippen LogP contribution in [0.2, 0.25) is 0 Å². The zero-order valence-corrected chi connectivity index (χ0v) is 17.3. The van der Waals surface area contributed by atoms with E-state index in [1.807, 2.05) is 13.1 Å². The van der Waals surface area contributed by atoms with Gasteiger partial charge in [-0.3, -0.25) is 9.89 Å². The Bertz CT molecular complexity index is 369. The molecule has 1 aliphatic carbocycles. The smallest absolute Gasteiger partial charge is 0.191 e. The molecule has 23 heavy (non-hydrogen) atoms. The molecule has 0 spiro atoms. The van der Waals surface area contributed by atoms with Gasteiger partial charge in [-0.15, -0.1) is 30.6 Å². The van der Waals surface area contributed by atoms with Gasteiger partial charge in [0, 0.05) is 39.3 Å². The van der Waals surface area contributed by atoms with E-state index in [9.17, 15) is 0 Å². The molecule has 0 amide bonds. The first kappa shape index (κ1) is 20.7. The van der Waals surface area contributed by atoms with Crippen LogP contribution in [0.1, 0.15) is 51.9 Å². The highest BCUT2D eigenvalue weighted by molar-refractivity contribution is 14.0. The van der Waals surface area contributed by atoms with Gasteiger partial charge in [0.15, 0.2) is 5.96 Å². The van der Waals surface area contributed by atoms with Crippen LogP contribution in [-0.2, 0) is 0 Å². The minimum Gasteiger partial charge on any atom is -0.356 e. The minimum atomic E-state index is 0. The van der Waals surface area contributed by atoms with Crippen LogP contribution < -0.4 is 10.6 Å². The second kappa shape index (κ2) is 10.5. The highest BCUT2D eigenvalue weighted by Gasteiger charge is 2.32. The second-order valence-electron chi connectivity index (χ2n) is 6.99. The third-order valence-electron chi connectivity index (χ3n) is 5.58. The van der Waals surface area contributed by atoms with Gasteiger partial charge in [0.1, 0.15) is 0 Å². The SMILES string of the molecule is C=CCN1CCC(NC(=NC)NCC2(CC)CCCC2)CC1.I. The molecule has 1 aliphatic heterocycles. The highest BCUT2D eigenvalue weighted by atomic mass is 127. The molecule has 2 fully saturated rings. The first-order chi connectivity index (χ1) is 10.7. The molecular formula is C18H35IN4. The molecule has 5 heteroatoms. The number of piperidine rings is 1. The molecular weight excluding hydrogens is 399 g/mol. The van der Waals surface area contributed by atoms with Crippen LogP contribution in [0.25, 0.3) is 0 Å². The predicted octanol–water partition coefficient (Wildman–Crippen LogP) is 3.39. The van der Waals surface area contributed by atoms with Crippen LogP contribution in [0, 0.1) is 5.41 Å². The van der Waals surface area contributed by atoms with Crippen molar-refractivity contribution in [1.29, 1.82) is 0 Å². The maximum absolute atomic E-state index is 4.43. The molecule has 4 nitrogen and oxygen atoms in total. The zero-order chi connectivity index (χ0) is 15.8. The Hall–Kier alpha value is -0.300. The second-order valence-corrected chi connectivity index (χ2v) is 6.99. The van der Waals surface area contributed by atoms with Crippen molar-refractivity contribution in [2.75, 3.05) is 33.2 Å². The molecule has 0 atom stereocenters. The van der Waals surface area contributed by atoms with Crippen LogP contribution in [0.3, 0.4) is 0 Å². The monoisotopic (exact) mass is 434 g/mol. The van der Waals surface area contributed by atoms with Crippen molar-refractivity contribution >= 4 is 29.9 Å². The quantitative estimate of drug-likeness (QED) is 0.292. The van der Waals surface area contributed by atoms with Crippen molar-refractivity contribution in [2.45, 2.75) is 57.9 Å². The van der Waals surface area contributed by atoms with Crippen molar-refractivity contribution in [3.63, 3.8) is 0 Å². The Morgan fingerprint density at radius 2 is 1.96 bits per heavy atom. The lowest BCUT2D eigenvalue weighted by Crippen LogP contribution is -2.50. The Balaban J connectivity index is 0.00000264. The summed E-state index contributed by atoms with van der Waals surface area (Å²) in [5, 5.41) is 7.22. The number of rotatable bonds is 6. The summed E-state index contributed by atoms with van der Waals surface area (Å²) < 4.78 is 0. The number of halogens is 1. The van der Waals surface area contributed by atoms with Crippen molar-refractivity contribution in [3.05, 3.63) is 12.7 Å². The van der Waals surface area contributed by atoms with Crippen molar-refractivity contribution in [1.82, 2.24) is 15.5 Å². The van der Waals surface area contributed by atoms with E-state index >= 15 is 0 Å². The van der Waals surface area contributed by atoms with Crippen molar-refractivity contribution in [3.8, 4) is 0 Å². The van der Waals surface area contributed by atoms with Crippen LogP contribution in [0.5, 0.6) is 0 Å². The molecule has 0 bridgehead atoms. The lowest BCUT2D eigenvalue weighted by Gasteiger charge is -2.33. The summed E-state index contributed by atoms with van der Waals surface area (Å²) in [6.07, 6.45) is 11.2. The van der Waals surface area contributed by atoms with E-state index in [-0.39, 0.29) is 24.0 Å². The molecule has 0 unspecified atom stereocenters. The molecule has 2 N–H and O–H groups in total. The molecule has 134 valence electrons. The average Bonchev–Trinajstić information content (AvgIpc) is 3.03. The van der Waals surface area contributed by atoms with Gasteiger partial charge in [0.05, 0.1) is 0 Å². The maximum atomic E-state index is 4.43. The van der Waals surface area contributed by atoms with E-state index in [2.05, 4.69) is 34.0 Å². The van der Waals surface area contributed by atoms with Gasteiger partial charge < -0.3 is 10.6 Å². The number of nitrogens with one attached hydrogen (secondary N) is 2. The summed E-state index contributed by atoms with van der Waals surface area (Å²) in [6, 6.07) is 0.549. The molecule has 0 aromatic rings. The van der Waals surface area contributed by atoms with E-state index in [0.29, 0.717) is 11.5 Å². The first-order valence-corrected chi connectivity index (χ1v) is 9.02. The number of guanidine groups is 1. The van der Waals surface area contributed by atoms with Crippen LogP contribution in [-0.4, -0.2) is 50.1 Å². The molecule has 0 radical (unpaired) electrons. The lowest BCUT2D eigenvalue weighted by atomic mass is 9.83. The Kier molecular flexibility index (Phi) is 9.51. The van der Waals surface area contributed by atoms with E-state index in [1.165, 1.54) is 44.9 Å². The number of hydrogen-bond donors (Lipinski definition) is 2. The van der Waals surface area contributed by atoms with Gasteiger partial charge in [-0.1, -0.05) is 25.8 Å². The Morgan fingerprint density at radius 3 is 2.48 bits per heavy atom. The summed E-state index contributed by atoms with van der Waals surface area (Å²) in [5.74, 6) is 0.988. The molecule has 0 aromatic heterocycles. The molecule has 1 heterocycles. The maximum Gasteiger partial charge on any atom is 0.191 e. The Morgan fingerprint density at radius 1 is 1.30 bits per heavy atom. The predicted molar refractivity (Wildman–Crippen MR) is 111 cm³/mol. The van der Waals surface area contributed by atoms with Gasteiger partial charge >= 0.3 is 0 Å². The fourth-order valence-corrected chi connectivity index (χ4v) is 3.88. The fourth-order valence-electron chi connectivity index (χ4n) is 3.88. The first-order valence-electron chi connectivity index (χ1n) is 9.02. The molecule has 1 saturated heterocycles. The van der Waals surface area contributed by atoms with E-state index in [4.69, 9.17) is 0 Å². The van der Waals surface area contributed by atoms with Crippen LogP contribution in [0.15, 0.2) is 17.6 Å². The highest BCUT2D eigenvalue weighted by Crippen LogP contribution is 2.40. The summed E-state index contributed by atoms with van der Waals surface area (Å²) in [5.41, 5.74) is 0.505. The molecule has 2 aliphatic rings. The molecule has 1 saturated carbocycles. The molecule has 2 rings (SSSR count). The molecule has 0 aromatic carbocycles. The summed E-state index contributed by atoms with van der Waals surface area (Å²) >= 11 is 0. The van der Waals surface area contributed by atoms with Crippen LogP contribution >= 0.6 is 24.0 Å². The van der Waals surface area contributed by atoms with Gasteiger partial charge in [-0.2, -0.15) is 0 Å². The summed E-state index contributed by atoms with van der Waals surface area (Å²) in [4.78, 5) is 6.89. The normalized spacial score (nSPS) is 22.4. The number of hydrogen-bond acceptors (Lipinski definition) is 2. The number of aliphatic imine (C=N–C) groups is 1. The van der Waals surface area contributed by atoms with Gasteiger partial charge in [0.2, 0.25) is 0 Å². The minimum absolute atomic E-state index is 0. The average molecular weight is 434 g/mol. The van der Waals surface area contributed by atoms with Crippen LogP contribution in [0.4, 0.5) is 0 Å². The number of nitrogens with zero attached hydrogens (tertiary/aromatic N) is 2. The van der Waals surface area contributed by atoms with Gasteiger partial charge in [-0.05, 0) is 37.5 Å². The summed E-state index contributed by atoms with van der Waals surface area (Å²) in [7, 11) is 1.88. The third-order valence-corrected chi connectivity index (χ3v) is 5.58. The van der Waals surface area contributed by atoms with Gasteiger partial charge in [-0.25, -0.2) is 0 Å². The van der Waals surface area contributed by atoms with Crippen molar-refractivity contribution < 1.29 is 0 Å². The van der Waals surface area contributed by atoms with Crippen molar-refractivity contribution in [2.24, 2.45) is 10.4 Å². The van der Waals surface area contributed by atoms with Gasteiger partial charge in [0.25, 0.3) is 0 Å². The number of likely N-dealkylation sites (tertiary alicyclic amines) is 1. The fraction of sp³-hybridized carbons (Fsp3) is 0.833. The largest absolute Gasteiger partial charge is 0.356 e. The van der Waals surface area contributed by atoms with E-state index in [1.54, 1.807) is 0 Å². The standard InChI is InChI=1S/C18H34N4.HI/c1-4-12-22-13-8-16(9-14-22)21-17(19-3)20-15-18(5-2)10-6-7-11-18;/h4,16H,1,5-15H2,2-3H3,(H2,19,20,21);1H.